The van der Waals surface area contributed by atoms with Gasteiger partial charge in [-0.25, -0.2) is 4.98 Å². The zero-order valence-corrected chi connectivity index (χ0v) is 12.9. The number of rotatable bonds is 3. The molecule has 3 nitrogen and oxygen atoms in total. The summed E-state index contributed by atoms with van der Waals surface area (Å²) in [6, 6.07) is 15.5. The Morgan fingerprint density at radius 2 is 1.80 bits per heavy atom. The van der Waals surface area contributed by atoms with Crippen molar-refractivity contribution in [1.29, 1.82) is 0 Å². The third kappa shape index (κ3) is 2.70. The maximum absolute atomic E-state index is 9.33. The lowest BCUT2D eigenvalue weighted by molar-refractivity contribution is 0.475. The lowest BCUT2D eigenvalue weighted by atomic mass is 10.2. The third-order valence-electron chi connectivity index (χ3n) is 3.12. The molecular weight excluding hydrogens is 363 g/mol. The number of benzene rings is 2. The Bertz CT molecular complexity index is 719. The Morgan fingerprint density at radius 3 is 2.55 bits per heavy atom. The maximum atomic E-state index is 9.33. The van der Waals surface area contributed by atoms with Gasteiger partial charge in [0.15, 0.2) is 0 Å². The van der Waals surface area contributed by atoms with Crippen molar-refractivity contribution < 1.29 is 5.11 Å². The molecule has 0 atom stereocenters. The molecule has 0 bridgehead atoms. The lowest BCUT2D eigenvalue weighted by Crippen LogP contribution is -2.01. The summed E-state index contributed by atoms with van der Waals surface area (Å²) in [5.41, 5.74) is 2.27. The zero-order chi connectivity index (χ0) is 13.9. The van der Waals surface area contributed by atoms with Crippen molar-refractivity contribution in [3.63, 3.8) is 0 Å². The molecule has 0 aliphatic carbocycles. The van der Waals surface area contributed by atoms with E-state index in [0.29, 0.717) is 0 Å². The monoisotopic (exact) mass is 376 g/mol. The molecule has 100 valence electrons. The molecule has 3 aromatic rings. The minimum Gasteiger partial charge on any atom is -0.508 e. The van der Waals surface area contributed by atoms with E-state index < -0.39 is 0 Å². The Morgan fingerprint density at radius 1 is 1.05 bits per heavy atom. The maximum Gasteiger partial charge on any atom is 0.141 e. The SMILES string of the molecule is Oc1ccc(Cn2ccnc2-c2ccccc2I)cc1. The normalized spacial score (nSPS) is 10.7. The van der Waals surface area contributed by atoms with E-state index in [0.717, 1.165) is 23.5 Å². The molecule has 0 aliphatic heterocycles. The molecule has 0 saturated heterocycles. The highest BCUT2D eigenvalue weighted by Crippen LogP contribution is 2.24. The van der Waals surface area contributed by atoms with Gasteiger partial charge in [-0.15, -0.1) is 0 Å². The summed E-state index contributed by atoms with van der Waals surface area (Å²) < 4.78 is 3.30. The fourth-order valence-electron chi connectivity index (χ4n) is 2.12. The van der Waals surface area contributed by atoms with Crippen LogP contribution in [0.2, 0.25) is 0 Å². The molecule has 0 radical (unpaired) electrons. The minimum atomic E-state index is 0.289. The number of phenolic OH excluding ortho intramolecular Hbond substituents is 1. The van der Waals surface area contributed by atoms with Gasteiger partial charge in [0.1, 0.15) is 11.6 Å². The highest BCUT2D eigenvalue weighted by atomic mass is 127. The summed E-state index contributed by atoms with van der Waals surface area (Å²) in [5, 5.41) is 9.33. The second-order valence-electron chi connectivity index (χ2n) is 4.53. The van der Waals surface area contributed by atoms with Gasteiger partial charge < -0.3 is 9.67 Å². The number of halogens is 1. The summed E-state index contributed by atoms with van der Waals surface area (Å²) in [7, 11) is 0. The first-order chi connectivity index (χ1) is 9.74. The average molecular weight is 376 g/mol. The fourth-order valence-corrected chi connectivity index (χ4v) is 2.75. The molecule has 0 unspecified atom stereocenters. The van der Waals surface area contributed by atoms with Crippen LogP contribution >= 0.6 is 22.6 Å². The summed E-state index contributed by atoms with van der Waals surface area (Å²) >= 11 is 2.33. The van der Waals surface area contributed by atoms with E-state index in [9.17, 15) is 5.11 Å². The number of hydrogen-bond donors (Lipinski definition) is 1. The highest BCUT2D eigenvalue weighted by molar-refractivity contribution is 14.1. The second-order valence-corrected chi connectivity index (χ2v) is 5.69. The molecule has 1 heterocycles. The standard InChI is InChI=1S/C16H13IN2O/c17-15-4-2-1-3-14(15)16-18-9-10-19(16)11-12-5-7-13(20)8-6-12/h1-10,20H,11H2. The van der Waals surface area contributed by atoms with Gasteiger partial charge in [-0.1, -0.05) is 30.3 Å². The summed E-state index contributed by atoms with van der Waals surface area (Å²) in [4.78, 5) is 4.47. The van der Waals surface area contributed by atoms with Gasteiger partial charge in [-0.3, -0.25) is 0 Å². The van der Waals surface area contributed by atoms with Crippen molar-refractivity contribution in [3.8, 4) is 17.1 Å². The van der Waals surface area contributed by atoms with Gasteiger partial charge >= 0.3 is 0 Å². The van der Waals surface area contributed by atoms with Crippen LogP contribution in [0.5, 0.6) is 5.75 Å². The van der Waals surface area contributed by atoms with E-state index in [1.54, 1.807) is 12.1 Å². The van der Waals surface area contributed by atoms with E-state index in [2.05, 4.69) is 44.3 Å². The van der Waals surface area contributed by atoms with Crippen LogP contribution < -0.4 is 0 Å². The molecule has 20 heavy (non-hydrogen) atoms. The van der Waals surface area contributed by atoms with Crippen molar-refractivity contribution in [2.45, 2.75) is 6.54 Å². The topological polar surface area (TPSA) is 38.0 Å². The molecule has 3 rings (SSSR count). The first kappa shape index (κ1) is 13.2. The Balaban J connectivity index is 1.95. The zero-order valence-electron chi connectivity index (χ0n) is 10.7. The van der Waals surface area contributed by atoms with Crippen LogP contribution in [0.25, 0.3) is 11.4 Å². The summed E-state index contributed by atoms with van der Waals surface area (Å²) in [6.07, 6.45) is 3.80. The molecule has 1 aromatic heterocycles. The Hall–Kier alpha value is -1.82. The third-order valence-corrected chi connectivity index (χ3v) is 4.06. The van der Waals surface area contributed by atoms with Crippen LogP contribution in [0, 0.1) is 3.57 Å². The average Bonchev–Trinajstić information content (AvgIpc) is 2.90. The molecule has 0 aliphatic rings. The van der Waals surface area contributed by atoms with Crippen molar-refractivity contribution in [2.24, 2.45) is 0 Å². The second kappa shape index (κ2) is 5.66. The molecule has 0 amide bonds. The van der Waals surface area contributed by atoms with E-state index in [-0.39, 0.29) is 5.75 Å². The predicted octanol–water partition coefficient (Wildman–Crippen LogP) is 3.91. The molecule has 0 spiro atoms. The molecular formula is C16H13IN2O. The predicted molar refractivity (Wildman–Crippen MR) is 87.6 cm³/mol. The number of hydrogen-bond acceptors (Lipinski definition) is 2. The van der Waals surface area contributed by atoms with Crippen LogP contribution in [-0.2, 0) is 6.54 Å². The molecule has 2 aromatic carbocycles. The molecule has 0 saturated carbocycles. The summed E-state index contributed by atoms with van der Waals surface area (Å²) in [5.74, 6) is 1.25. The van der Waals surface area contributed by atoms with E-state index in [4.69, 9.17) is 0 Å². The van der Waals surface area contributed by atoms with Gasteiger partial charge in [0.25, 0.3) is 0 Å². The Labute approximate surface area is 131 Å². The fraction of sp³-hybridized carbons (Fsp3) is 0.0625. The van der Waals surface area contributed by atoms with Crippen LogP contribution in [0.15, 0.2) is 60.9 Å². The van der Waals surface area contributed by atoms with Crippen molar-refractivity contribution >= 4 is 22.6 Å². The van der Waals surface area contributed by atoms with Crippen LogP contribution in [0.4, 0.5) is 0 Å². The van der Waals surface area contributed by atoms with E-state index in [1.165, 1.54) is 3.57 Å². The number of nitrogens with zero attached hydrogens (tertiary/aromatic N) is 2. The first-order valence-electron chi connectivity index (χ1n) is 6.28. The number of phenols is 1. The van der Waals surface area contributed by atoms with Crippen molar-refractivity contribution in [3.05, 3.63) is 70.1 Å². The number of imidazole rings is 1. The van der Waals surface area contributed by atoms with Gasteiger partial charge in [-0.2, -0.15) is 0 Å². The smallest absolute Gasteiger partial charge is 0.141 e. The summed E-state index contributed by atoms with van der Waals surface area (Å²) in [6.45, 7) is 0.737. The number of aromatic hydroxyl groups is 1. The van der Waals surface area contributed by atoms with Crippen LogP contribution in [-0.4, -0.2) is 14.7 Å². The Kier molecular flexibility index (Phi) is 3.73. The van der Waals surface area contributed by atoms with E-state index >= 15 is 0 Å². The highest BCUT2D eigenvalue weighted by Gasteiger charge is 2.09. The molecule has 0 fully saturated rings. The van der Waals surface area contributed by atoms with Gasteiger partial charge in [0.2, 0.25) is 0 Å². The van der Waals surface area contributed by atoms with Crippen molar-refractivity contribution in [1.82, 2.24) is 9.55 Å². The first-order valence-corrected chi connectivity index (χ1v) is 7.36. The molecule has 4 heteroatoms. The minimum absolute atomic E-state index is 0.289. The lowest BCUT2D eigenvalue weighted by Gasteiger charge is -2.09. The van der Waals surface area contributed by atoms with E-state index in [1.807, 2.05) is 36.7 Å². The largest absolute Gasteiger partial charge is 0.508 e. The quantitative estimate of drug-likeness (QED) is 0.704. The number of aromatic nitrogens is 2. The van der Waals surface area contributed by atoms with Crippen molar-refractivity contribution in [2.75, 3.05) is 0 Å². The van der Waals surface area contributed by atoms with Gasteiger partial charge in [0.05, 0.1) is 0 Å². The van der Waals surface area contributed by atoms with Crippen LogP contribution in [0.1, 0.15) is 5.56 Å². The van der Waals surface area contributed by atoms with Crippen LogP contribution in [0.3, 0.4) is 0 Å². The van der Waals surface area contributed by atoms with Gasteiger partial charge in [0, 0.05) is 28.1 Å². The van der Waals surface area contributed by atoms with Gasteiger partial charge in [-0.05, 0) is 46.4 Å². The molecule has 1 N–H and O–H groups in total.